The molecule has 3 nitrogen and oxygen atoms in total. The fourth-order valence-electron chi connectivity index (χ4n) is 2.28. The zero-order valence-electron chi connectivity index (χ0n) is 12.4. The second-order valence-electron chi connectivity index (χ2n) is 5.04. The Kier molecular flexibility index (Phi) is 4.36. The van der Waals surface area contributed by atoms with Crippen molar-refractivity contribution in [3.8, 4) is 0 Å². The van der Waals surface area contributed by atoms with Crippen LogP contribution < -0.4 is 4.80 Å². The number of aromatic nitrogens is 1. The summed E-state index contributed by atoms with van der Waals surface area (Å²) in [4.78, 5) is 19.6. The van der Waals surface area contributed by atoms with Gasteiger partial charge in [-0.05, 0) is 25.5 Å². The molecule has 0 saturated heterocycles. The van der Waals surface area contributed by atoms with Crippen LogP contribution in [0.1, 0.15) is 25.7 Å². The Balaban J connectivity index is 1.91. The van der Waals surface area contributed by atoms with Gasteiger partial charge in [-0.15, -0.1) is 22.7 Å². The van der Waals surface area contributed by atoms with Gasteiger partial charge in [-0.2, -0.15) is 4.99 Å². The topological polar surface area (TPSA) is 34.4 Å². The molecule has 0 bridgehead atoms. The first-order valence-electron chi connectivity index (χ1n) is 6.97. The first kappa shape index (κ1) is 14.9. The average molecular weight is 328 g/mol. The van der Waals surface area contributed by atoms with E-state index in [4.69, 9.17) is 0 Å². The summed E-state index contributed by atoms with van der Waals surface area (Å²) in [5.74, 6) is -0.161. The molecule has 0 fully saturated rings. The number of aryl methyl sites for hydroxylation is 2. The third-order valence-corrected chi connectivity index (χ3v) is 5.08. The summed E-state index contributed by atoms with van der Waals surface area (Å²) in [6.07, 6.45) is 1.97. The molecule has 1 aromatic carbocycles. The standard InChI is InChI=1S/C17H16N2OS2/c1-12-10-15(13(2)22-12)16(20)18-17-19(8-9-21-17)11-14-6-4-3-5-7-14/h3-10H,11H2,1-2H3. The molecule has 5 heteroatoms. The van der Waals surface area contributed by atoms with Gasteiger partial charge in [0.2, 0.25) is 0 Å². The number of carbonyl (C=O) groups is 1. The Morgan fingerprint density at radius 1 is 1.23 bits per heavy atom. The number of carbonyl (C=O) groups excluding carboxylic acids is 1. The summed E-state index contributed by atoms with van der Waals surface area (Å²) >= 11 is 3.12. The molecule has 0 spiro atoms. The highest BCUT2D eigenvalue weighted by Gasteiger charge is 2.11. The van der Waals surface area contributed by atoms with Crippen LogP contribution in [0.25, 0.3) is 0 Å². The number of benzene rings is 1. The van der Waals surface area contributed by atoms with E-state index in [0.717, 1.165) is 21.1 Å². The number of nitrogens with zero attached hydrogens (tertiary/aromatic N) is 2. The van der Waals surface area contributed by atoms with Crippen molar-refractivity contribution in [1.29, 1.82) is 0 Å². The number of hydrogen-bond donors (Lipinski definition) is 0. The van der Waals surface area contributed by atoms with E-state index in [0.29, 0.717) is 5.56 Å². The van der Waals surface area contributed by atoms with Gasteiger partial charge in [0, 0.05) is 27.9 Å². The highest BCUT2D eigenvalue weighted by Crippen LogP contribution is 2.21. The average Bonchev–Trinajstić information content (AvgIpc) is 3.06. The second kappa shape index (κ2) is 6.42. The molecule has 0 radical (unpaired) electrons. The molecule has 0 aliphatic carbocycles. The minimum atomic E-state index is -0.161. The Labute approximate surface area is 137 Å². The summed E-state index contributed by atoms with van der Waals surface area (Å²) in [5.41, 5.74) is 1.90. The van der Waals surface area contributed by atoms with E-state index >= 15 is 0 Å². The highest BCUT2D eigenvalue weighted by atomic mass is 32.1. The molecule has 0 saturated carbocycles. The van der Waals surface area contributed by atoms with Gasteiger partial charge in [0.1, 0.15) is 0 Å². The van der Waals surface area contributed by atoms with Gasteiger partial charge in [-0.3, -0.25) is 4.79 Å². The zero-order valence-corrected chi connectivity index (χ0v) is 14.1. The third-order valence-electron chi connectivity index (χ3n) is 3.32. The van der Waals surface area contributed by atoms with Crippen molar-refractivity contribution < 1.29 is 4.79 Å². The van der Waals surface area contributed by atoms with Gasteiger partial charge in [0.05, 0.1) is 5.56 Å². The predicted octanol–water partition coefficient (Wildman–Crippen LogP) is 4.02. The number of thiophene rings is 1. The molecule has 3 rings (SSSR count). The van der Waals surface area contributed by atoms with E-state index in [1.165, 1.54) is 16.9 Å². The van der Waals surface area contributed by atoms with E-state index in [9.17, 15) is 4.79 Å². The lowest BCUT2D eigenvalue weighted by Crippen LogP contribution is -2.17. The van der Waals surface area contributed by atoms with Crippen molar-refractivity contribution >= 4 is 28.6 Å². The van der Waals surface area contributed by atoms with Crippen LogP contribution in [0.4, 0.5) is 0 Å². The molecule has 2 heterocycles. The third kappa shape index (κ3) is 3.26. The first-order chi connectivity index (χ1) is 10.6. The SMILES string of the molecule is Cc1cc(C(=O)N=c2sccn2Cc2ccccc2)c(C)s1. The van der Waals surface area contributed by atoms with Crippen molar-refractivity contribution in [2.24, 2.45) is 4.99 Å². The lowest BCUT2D eigenvalue weighted by molar-refractivity contribution is 0.0997. The number of amides is 1. The summed E-state index contributed by atoms with van der Waals surface area (Å²) < 4.78 is 2.01. The molecule has 2 aromatic heterocycles. The lowest BCUT2D eigenvalue weighted by Gasteiger charge is -2.02. The molecule has 0 atom stereocenters. The van der Waals surface area contributed by atoms with Crippen LogP contribution in [0, 0.1) is 13.8 Å². The molecular weight excluding hydrogens is 312 g/mol. The van der Waals surface area contributed by atoms with E-state index in [-0.39, 0.29) is 5.91 Å². The maximum atomic E-state index is 12.4. The molecule has 112 valence electrons. The van der Waals surface area contributed by atoms with E-state index in [1.807, 2.05) is 54.3 Å². The molecule has 22 heavy (non-hydrogen) atoms. The lowest BCUT2D eigenvalue weighted by atomic mass is 10.2. The van der Waals surface area contributed by atoms with Gasteiger partial charge in [0.25, 0.3) is 5.91 Å². The molecule has 0 aliphatic heterocycles. The van der Waals surface area contributed by atoms with Crippen molar-refractivity contribution in [3.63, 3.8) is 0 Å². The van der Waals surface area contributed by atoms with E-state index < -0.39 is 0 Å². The Morgan fingerprint density at radius 2 is 2.00 bits per heavy atom. The highest BCUT2D eigenvalue weighted by molar-refractivity contribution is 7.12. The summed E-state index contributed by atoms with van der Waals surface area (Å²) in [5, 5.41) is 1.96. The Hall–Kier alpha value is -1.98. The fourth-order valence-corrected chi connectivity index (χ4v) is 3.92. The van der Waals surface area contributed by atoms with Crippen molar-refractivity contribution in [3.05, 3.63) is 73.7 Å². The van der Waals surface area contributed by atoms with Crippen LogP contribution in [0.3, 0.4) is 0 Å². The number of rotatable bonds is 3. The smallest absolute Gasteiger partial charge is 0.280 e. The minimum absolute atomic E-state index is 0.161. The molecule has 0 aliphatic rings. The predicted molar refractivity (Wildman–Crippen MR) is 91.5 cm³/mol. The quantitative estimate of drug-likeness (QED) is 0.715. The van der Waals surface area contributed by atoms with E-state index in [1.54, 1.807) is 11.3 Å². The summed E-state index contributed by atoms with van der Waals surface area (Å²) in [6, 6.07) is 12.1. The van der Waals surface area contributed by atoms with Crippen LogP contribution >= 0.6 is 22.7 Å². The fraction of sp³-hybridized carbons (Fsp3) is 0.176. The van der Waals surface area contributed by atoms with Gasteiger partial charge >= 0.3 is 0 Å². The molecular formula is C17H16N2OS2. The Bertz CT molecular complexity index is 856. The number of thiazole rings is 1. The Morgan fingerprint density at radius 3 is 2.68 bits per heavy atom. The maximum absolute atomic E-state index is 12.4. The molecule has 0 unspecified atom stereocenters. The largest absolute Gasteiger partial charge is 0.319 e. The normalized spacial score (nSPS) is 11.8. The zero-order chi connectivity index (χ0) is 15.5. The van der Waals surface area contributed by atoms with Crippen LogP contribution in [-0.2, 0) is 6.54 Å². The van der Waals surface area contributed by atoms with Crippen LogP contribution in [0.15, 0.2) is 53.0 Å². The van der Waals surface area contributed by atoms with Gasteiger partial charge in [0.15, 0.2) is 4.80 Å². The maximum Gasteiger partial charge on any atom is 0.280 e. The molecule has 1 amide bonds. The van der Waals surface area contributed by atoms with Gasteiger partial charge in [-0.25, -0.2) is 0 Å². The van der Waals surface area contributed by atoms with Gasteiger partial charge < -0.3 is 4.57 Å². The number of hydrogen-bond acceptors (Lipinski definition) is 3. The molecule has 0 N–H and O–H groups in total. The minimum Gasteiger partial charge on any atom is -0.319 e. The van der Waals surface area contributed by atoms with Crippen molar-refractivity contribution in [2.45, 2.75) is 20.4 Å². The van der Waals surface area contributed by atoms with Crippen LogP contribution in [-0.4, -0.2) is 10.5 Å². The molecule has 3 aromatic rings. The van der Waals surface area contributed by atoms with E-state index in [2.05, 4.69) is 17.1 Å². The first-order valence-corrected chi connectivity index (χ1v) is 8.67. The van der Waals surface area contributed by atoms with Gasteiger partial charge in [-0.1, -0.05) is 30.3 Å². The second-order valence-corrected chi connectivity index (χ2v) is 7.38. The van der Waals surface area contributed by atoms with Crippen LogP contribution in [0.2, 0.25) is 0 Å². The summed E-state index contributed by atoms with van der Waals surface area (Å²) in [7, 11) is 0. The monoisotopic (exact) mass is 328 g/mol. The van der Waals surface area contributed by atoms with Crippen LogP contribution in [0.5, 0.6) is 0 Å². The van der Waals surface area contributed by atoms with Crippen molar-refractivity contribution in [1.82, 2.24) is 4.57 Å². The summed E-state index contributed by atoms with van der Waals surface area (Å²) in [6.45, 7) is 4.69. The van der Waals surface area contributed by atoms with Crippen molar-refractivity contribution in [2.75, 3.05) is 0 Å².